The van der Waals surface area contributed by atoms with Crippen molar-refractivity contribution in [1.82, 2.24) is 10.2 Å². The average Bonchev–Trinajstić information content (AvgIpc) is 2.28. The van der Waals surface area contributed by atoms with E-state index in [2.05, 4.69) is 5.32 Å². The molecule has 1 atom stereocenters. The fraction of sp³-hybridized carbons (Fsp3) is 0.462. The van der Waals surface area contributed by atoms with Gasteiger partial charge in [0, 0.05) is 19.0 Å². The predicted octanol–water partition coefficient (Wildman–Crippen LogP) is 1.40. The molecule has 4 nitrogen and oxygen atoms in total. The van der Waals surface area contributed by atoms with Crippen LogP contribution >= 0.6 is 0 Å². The molecule has 0 aliphatic rings. The van der Waals surface area contributed by atoms with Gasteiger partial charge >= 0.3 is 0 Å². The maximum atomic E-state index is 11.1. The number of amides is 1. The summed E-state index contributed by atoms with van der Waals surface area (Å²) in [4.78, 5) is 13.2. The number of hydrogen-bond donors (Lipinski definition) is 1. The van der Waals surface area contributed by atoms with Crippen molar-refractivity contribution in [2.45, 2.75) is 13.2 Å². The first-order valence-electron chi connectivity index (χ1n) is 5.68. The van der Waals surface area contributed by atoms with E-state index >= 15 is 0 Å². The van der Waals surface area contributed by atoms with Gasteiger partial charge in [-0.3, -0.25) is 4.79 Å². The van der Waals surface area contributed by atoms with Gasteiger partial charge in [-0.05, 0) is 14.1 Å². The number of benzene rings is 1. The first kappa shape index (κ1) is 13.7. The van der Waals surface area contributed by atoms with Crippen molar-refractivity contribution in [3.8, 4) is 0 Å². The lowest BCUT2D eigenvalue weighted by Crippen LogP contribution is -2.30. The van der Waals surface area contributed by atoms with Gasteiger partial charge in [0.1, 0.15) is 0 Å². The summed E-state index contributed by atoms with van der Waals surface area (Å²) >= 11 is 0. The number of likely N-dealkylation sites (N-methyl/N-ethyl adjacent to an activating group) is 1. The average molecular weight is 236 g/mol. The molecule has 0 spiro atoms. The smallest absolute Gasteiger partial charge is 0.219 e. The Morgan fingerprint density at radius 1 is 1.35 bits per heavy atom. The Morgan fingerprint density at radius 2 is 2.00 bits per heavy atom. The maximum absolute atomic E-state index is 11.1. The molecule has 1 aromatic carbocycles. The van der Waals surface area contributed by atoms with Gasteiger partial charge in [-0.2, -0.15) is 0 Å². The van der Waals surface area contributed by atoms with E-state index in [1.54, 1.807) is 0 Å². The molecule has 17 heavy (non-hydrogen) atoms. The lowest BCUT2D eigenvalue weighted by atomic mass is 10.2. The van der Waals surface area contributed by atoms with Gasteiger partial charge in [-0.15, -0.1) is 0 Å². The summed E-state index contributed by atoms with van der Waals surface area (Å²) in [5.41, 5.74) is 0.960. The summed E-state index contributed by atoms with van der Waals surface area (Å²) in [5.74, 6) is -0.0938. The minimum atomic E-state index is -0.367. The molecule has 0 bridgehead atoms. The minimum absolute atomic E-state index is 0.0938. The third kappa shape index (κ3) is 5.47. The molecule has 1 N–H and O–H groups in total. The normalized spacial score (nSPS) is 12.5. The van der Waals surface area contributed by atoms with Crippen molar-refractivity contribution in [1.29, 1.82) is 0 Å². The molecule has 1 rings (SSSR count). The number of ether oxygens (including phenoxy) is 1. The molecule has 0 saturated heterocycles. The molecule has 1 amide bonds. The van der Waals surface area contributed by atoms with E-state index in [9.17, 15) is 4.79 Å². The first-order chi connectivity index (χ1) is 8.09. The summed E-state index contributed by atoms with van der Waals surface area (Å²) in [6.07, 6.45) is -0.367. The third-order valence-corrected chi connectivity index (χ3v) is 2.26. The number of carbonyl (C=O) groups excluding carboxylic acids is 1. The van der Waals surface area contributed by atoms with Crippen LogP contribution in [0, 0.1) is 0 Å². The second-order valence-corrected chi connectivity index (χ2v) is 4.17. The highest BCUT2D eigenvalue weighted by atomic mass is 16.5. The van der Waals surface area contributed by atoms with Crippen LogP contribution in [0.15, 0.2) is 30.3 Å². The highest BCUT2D eigenvalue weighted by molar-refractivity contribution is 5.73. The predicted molar refractivity (Wildman–Crippen MR) is 67.5 cm³/mol. The lowest BCUT2D eigenvalue weighted by molar-refractivity contribution is -0.123. The Hall–Kier alpha value is -1.39. The summed E-state index contributed by atoms with van der Waals surface area (Å²) in [6, 6.07) is 9.68. The first-order valence-corrected chi connectivity index (χ1v) is 5.68. The Balaban J connectivity index is 2.58. The van der Waals surface area contributed by atoms with Crippen molar-refractivity contribution in [2.75, 3.05) is 27.2 Å². The van der Waals surface area contributed by atoms with Crippen LogP contribution in [0.5, 0.6) is 0 Å². The van der Waals surface area contributed by atoms with Crippen LogP contribution in [0.3, 0.4) is 0 Å². The van der Waals surface area contributed by atoms with Crippen molar-refractivity contribution >= 4 is 5.91 Å². The molecule has 94 valence electrons. The summed E-state index contributed by atoms with van der Waals surface area (Å²) < 4.78 is 5.68. The van der Waals surface area contributed by atoms with Crippen molar-refractivity contribution < 1.29 is 9.53 Å². The Morgan fingerprint density at radius 3 is 2.53 bits per heavy atom. The zero-order chi connectivity index (χ0) is 12.7. The van der Waals surface area contributed by atoms with E-state index in [0.717, 1.165) is 12.1 Å². The molecular formula is C13H20N2O2. The van der Waals surface area contributed by atoms with Crippen molar-refractivity contribution in [3.05, 3.63) is 35.9 Å². The highest BCUT2D eigenvalue weighted by Crippen LogP contribution is 2.13. The zero-order valence-corrected chi connectivity index (χ0v) is 10.6. The van der Waals surface area contributed by atoms with Crippen molar-refractivity contribution in [2.24, 2.45) is 0 Å². The van der Waals surface area contributed by atoms with Gasteiger partial charge in [-0.1, -0.05) is 30.3 Å². The second kappa shape index (κ2) is 7.04. The Kier molecular flexibility index (Phi) is 5.66. The van der Waals surface area contributed by atoms with Gasteiger partial charge in [0.25, 0.3) is 0 Å². The Bertz CT molecular complexity index is 339. The fourth-order valence-electron chi connectivity index (χ4n) is 1.39. The fourth-order valence-corrected chi connectivity index (χ4v) is 1.39. The molecule has 1 aromatic rings. The molecule has 0 radical (unpaired) electrons. The summed E-state index contributed by atoms with van der Waals surface area (Å²) in [7, 11) is 3.97. The highest BCUT2D eigenvalue weighted by Gasteiger charge is 2.12. The zero-order valence-electron chi connectivity index (χ0n) is 10.6. The summed E-state index contributed by atoms with van der Waals surface area (Å²) in [6.45, 7) is 2.89. The van der Waals surface area contributed by atoms with E-state index in [1.807, 2.05) is 49.3 Å². The van der Waals surface area contributed by atoms with E-state index < -0.39 is 0 Å². The minimum Gasteiger partial charge on any atom is -0.353 e. The van der Waals surface area contributed by atoms with Crippen LogP contribution < -0.4 is 5.32 Å². The van der Waals surface area contributed by atoms with Gasteiger partial charge in [0.2, 0.25) is 5.91 Å². The van der Waals surface area contributed by atoms with Crippen molar-refractivity contribution in [3.63, 3.8) is 0 Å². The molecule has 0 aliphatic carbocycles. The molecule has 4 heteroatoms. The number of rotatable bonds is 6. The third-order valence-electron chi connectivity index (χ3n) is 2.26. The SMILES string of the molecule is CC(=O)NC(OCCN(C)C)c1ccccc1. The summed E-state index contributed by atoms with van der Waals surface area (Å²) in [5, 5.41) is 2.79. The Labute approximate surface area is 103 Å². The largest absolute Gasteiger partial charge is 0.353 e. The van der Waals surface area contributed by atoms with E-state index in [-0.39, 0.29) is 12.1 Å². The molecule has 0 fully saturated rings. The van der Waals surface area contributed by atoms with Crippen LogP contribution in [0.25, 0.3) is 0 Å². The standard InChI is InChI=1S/C13H20N2O2/c1-11(16)14-13(17-10-9-15(2)3)12-7-5-4-6-8-12/h4-8,13H,9-10H2,1-3H3,(H,14,16). The van der Waals surface area contributed by atoms with Crippen LogP contribution in [-0.4, -0.2) is 38.1 Å². The van der Waals surface area contributed by atoms with Gasteiger partial charge < -0.3 is 15.0 Å². The monoisotopic (exact) mass is 236 g/mol. The maximum Gasteiger partial charge on any atom is 0.219 e. The van der Waals surface area contributed by atoms with Crippen LogP contribution in [0.1, 0.15) is 18.7 Å². The second-order valence-electron chi connectivity index (χ2n) is 4.17. The van der Waals surface area contributed by atoms with Crippen LogP contribution in [0.4, 0.5) is 0 Å². The van der Waals surface area contributed by atoms with Crippen LogP contribution in [0.2, 0.25) is 0 Å². The van der Waals surface area contributed by atoms with Gasteiger partial charge in [0.15, 0.2) is 6.23 Å². The number of nitrogens with zero attached hydrogens (tertiary/aromatic N) is 1. The van der Waals surface area contributed by atoms with E-state index in [4.69, 9.17) is 4.74 Å². The molecule has 1 unspecified atom stereocenters. The number of carbonyl (C=O) groups is 1. The van der Waals surface area contributed by atoms with Gasteiger partial charge in [-0.25, -0.2) is 0 Å². The quantitative estimate of drug-likeness (QED) is 0.759. The van der Waals surface area contributed by atoms with E-state index in [0.29, 0.717) is 6.61 Å². The number of hydrogen-bond acceptors (Lipinski definition) is 3. The molecule has 0 aromatic heterocycles. The van der Waals surface area contributed by atoms with Gasteiger partial charge in [0.05, 0.1) is 6.61 Å². The van der Waals surface area contributed by atoms with E-state index in [1.165, 1.54) is 6.92 Å². The molecule has 0 aliphatic heterocycles. The van der Waals surface area contributed by atoms with Crippen LogP contribution in [-0.2, 0) is 9.53 Å². The lowest BCUT2D eigenvalue weighted by Gasteiger charge is -2.20. The number of nitrogens with one attached hydrogen (secondary N) is 1. The molecular weight excluding hydrogens is 216 g/mol. The topological polar surface area (TPSA) is 41.6 Å². The molecule has 0 heterocycles. The molecule has 0 saturated carbocycles.